The molecule has 1 saturated heterocycles. The first-order chi connectivity index (χ1) is 19.5. The summed E-state index contributed by atoms with van der Waals surface area (Å²) in [6.07, 6.45) is 0.136. The van der Waals surface area contributed by atoms with Crippen molar-refractivity contribution >= 4 is 23.4 Å². The molecule has 3 aromatic rings. The number of piperazine rings is 1. The van der Waals surface area contributed by atoms with Crippen molar-refractivity contribution < 1.29 is 29.2 Å². The van der Waals surface area contributed by atoms with Gasteiger partial charge in [0.1, 0.15) is 41.3 Å². The third kappa shape index (κ3) is 6.49. The number of hydrogen-bond donors (Lipinski definition) is 2. The van der Waals surface area contributed by atoms with E-state index in [1.54, 1.807) is 12.1 Å². The molecule has 0 aromatic heterocycles. The zero-order chi connectivity index (χ0) is 28.0. The largest absolute Gasteiger partial charge is 0.508 e. The second-order valence-electron chi connectivity index (χ2n) is 10.1. The first kappa shape index (κ1) is 28.1. The molecule has 2 aliphatic rings. The van der Waals surface area contributed by atoms with Gasteiger partial charge in [0.15, 0.2) is 0 Å². The fraction of sp³-hybridized carbons (Fsp3) is 0.387. The Hall–Kier alpha value is -3.40. The van der Waals surface area contributed by atoms with Gasteiger partial charge < -0.3 is 29.3 Å². The maximum Gasteiger partial charge on any atom is 0.325 e. The number of anilines is 1. The Morgan fingerprint density at radius 1 is 1.05 bits per heavy atom. The van der Waals surface area contributed by atoms with Crippen LogP contribution in [0.3, 0.4) is 0 Å². The molecular formula is C31H36N2O6S. The van der Waals surface area contributed by atoms with E-state index in [0.717, 1.165) is 55.3 Å². The number of benzene rings is 3. The molecule has 3 aromatic carbocycles. The third-order valence-corrected chi connectivity index (χ3v) is 9.08. The van der Waals surface area contributed by atoms with Crippen molar-refractivity contribution in [2.24, 2.45) is 0 Å². The van der Waals surface area contributed by atoms with E-state index >= 15 is 0 Å². The van der Waals surface area contributed by atoms with Crippen LogP contribution in [0.2, 0.25) is 0 Å². The van der Waals surface area contributed by atoms with Gasteiger partial charge in [0.25, 0.3) is 0 Å². The molecule has 0 saturated carbocycles. The standard InChI is InChI=1S/C31H36N2O6S/c1-37-30(36)31(14-5-15-32-16-18-33(19-17-32)24-8-10-25(34)11-9-24)29(35)22-39-27-13-12-26(20-28(27)40-31)38-21-23-6-3-2-4-7-23/h2-4,6-13,20,29,34-35H,5,14-19,21-22H2,1H3/t29-,31+/m0/s1. The van der Waals surface area contributed by atoms with Crippen molar-refractivity contribution in [3.05, 3.63) is 78.4 Å². The molecule has 9 heteroatoms. The van der Waals surface area contributed by atoms with Crippen molar-refractivity contribution in [2.45, 2.75) is 35.2 Å². The molecule has 2 heterocycles. The number of nitrogens with zero attached hydrogens (tertiary/aromatic N) is 2. The summed E-state index contributed by atoms with van der Waals surface area (Å²) in [6.45, 7) is 4.81. The van der Waals surface area contributed by atoms with Crippen LogP contribution in [0.25, 0.3) is 0 Å². The lowest BCUT2D eigenvalue weighted by atomic mass is 9.95. The smallest absolute Gasteiger partial charge is 0.325 e. The van der Waals surface area contributed by atoms with Crippen LogP contribution in [-0.2, 0) is 16.1 Å². The highest BCUT2D eigenvalue weighted by Gasteiger charge is 2.49. The van der Waals surface area contributed by atoms with Gasteiger partial charge in [-0.2, -0.15) is 0 Å². The molecule has 212 valence electrons. The molecule has 0 unspecified atom stereocenters. The minimum atomic E-state index is -1.19. The van der Waals surface area contributed by atoms with Crippen LogP contribution in [-0.4, -0.2) is 78.4 Å². The van der Waals surface area contributed by atoms with E-state index in [0.29, 0.717) is 24.5 Å². The number of fused-ring (bicyclic) bond motifs is 1. The summed E-state index contributed by atoms with van der Waals surface area (Å²) in [6, 6.07) is 22.8. The number of carbonyl (C=O) groups excluding carboxylic acids is 1. The predicted octanol–water partition coefficient (Wildman–Crippen LogP) is 4.33. The second-order valence-corrected chi connectivity index (χ2v) is 11.5. The fourth-order valence-electron chi connectivity index (χ4n) is 5.21. The minimum absolute atomic E-state index is 0.00459. The van der Waals surface area contributed by atoms with Crippen LogP contribution in [0, 0.1) is 0 Å². The summed E-state index contributed by atoms with van der Waals surface area (Å²) < 4.78 is 16.0. The molecule has 0 aliphatic carbocycles. The lowest BCUT2D eigenvalue weighted by Crippen LogP contribution is -2.50. The summed E-state index contributed by atoms with van der Waals surface area (Å²) in [4.78, 5) is 18.7. The number of aliphatic hydroxyl groups excluding tert-OH is 1. The monoisotopic (exact) mass is 564 g/mol. The summed E-state index contributed by atoms with van der Waals surface area (Å²) in [5, 5.41) is 20.8. The van der Waals surface area contributed by atoms with Crippen LogP contribution in [0.15, 0.2) is 77.7 Å². The van der Waals surface area contributed by atoms with Gasteiger partial charge in [-0.1, -0.05) is 30.3 Å². The SMILES string of the molecule is COC(=O)[C@]1(CCCN2CCN(c3ccc(O)cc3)CC2)Sc2cc(OCc3ccccc3)ccc2OC[C@@H]1O. The average molecular weight is 565 g/mol. The number of phenolic OH excluding ortho intramolecular Hbond substituents is 1. The molecule has 1 fully saturated rings. The molecule has 2 N–H and O–H groups in total. The van der Waals surface area contributed by atoms with E-state index in [1.807, 2.05) is 60.7 Å². The lowest BCUT2D eigenvalue weighted by molar-refractivity contribution is -0.147. The summed E-state index contributed by atoms with van der Waals surface area (Å²) >= 11 is 1.31. The highest BCUT2D eigenvalue weighted by Crippen LogP contribution is 2.47. The molecule has 2 aliphatic heterocycles. The Labute approximate surface area is 239 Å². The van der Waals surface area contributed by atoms with Crippen LogP contribution >= 0.6 is 11.8 Å². The van der Waals surface area contributed by atoms with Gasteiger partial charge in [0, 0.05) is 31.9 Å². The molecular weight excluding hydrogens is 528 g/mol. The van der Waals surface area contributed by atoms with Gasteiger partial charge in [-0.3, -0.25) is 9.69 Å². The Kier molecular flexibility index (Phi) is 9.04. The number of rotatable bonds is 9. The van der Waals surface area contributed by atoms with Gasteiger partial charge in [-0.05, 0) is 67.4 Å². The normalized spacial score (nSPS) is 21.1. The fourth-order valence-corrected chi connectivity index (χ4v) is 6.63. The van der Waals surface area contributed by atoms with Crippen molar-refractivity contribution in [1.82, 2.24) is 4.90 Å². The van der Waals surface area contributed by atoms with Gasteiger partial charge in [0.05, 0.1) is 12.0 Å². The molecule has 0 spiro atoms. The van der Waals surface area contributed by atoms with E-state index in [4.69, 9.17) is 14.2 Å². The van der Waals surface area contributed by atoms with Crippen molar-refractivity contribution in [1.29, 1.82) is 0 Å². The van der Waals surface area contributed by atoms with Crippen LogP contribution in [0.1, 0.15) is 18.4 Å². The summed E-state index contributed by atoms with van der Waals surface area (Å²) in [5.41, 5.74) is 2.16. The Morgan fingerprint density at radius 2 is 1.80 bits per heavy atom. The number of phenols is 1. The van der Waals surface area contributed by atoms with Gasteiger partial charge in [0.2, 0.25) is 0 Å². The number of ether oxygens (including phenoxy) is 3. The lowest BCUT2D eigenvalue weighted by Gasteiger charge is -2.37. The Bertz CT molecular complexity index is 1270. The quantitative estimate of drug-likeness (QED) is 0.369. The minimum Gasteiger partial charge on any atom is -0.508 e. The number of aliphatic hydroxyl groups is 1. The second kappa shape index (κ2) is 12.8. The highest BCUT2D eigenvalue weighted by molar-refractivity contribution is 8.01. The molecule has 0 bridgehead atoms. The molecule has 5 rings (SSSR count). The molecule has 0 radical (unpaired) electrons. The number of esters is 1. The highest BCUT2D eigenvalue weighted by atomic mass is 32.2. The number of carbonyl (C=O) groups is 1. The number of thioether (sulfide) groups is 1. The van der Waals surface area contributed by atoms with Crippen molar-refractivity contribution in [3.8, 4) is 17.2 Å². The maximum atomic E-state index is 13.2. The van der Waals surface area contributed by atoms with E-state index in [-0.39, 0.29) is 12.4 Å². The molecule has 2 atom stereocenters. The van der Waals surface area contributed by atoms with E-state index in [2.05, 4.69) is 9.80 Å². The number of aromatic hydroxyl groups is 1. The van der Waals surface area contributed by atoms with Crippen LogP contribution in [0.4, 0.5) is 5.69 Å². The topological polar surface area (TPSA) is 91.7 Å². The average Bonchev–Trinajstić information content (AvgIpc) is 3.13. The van der Waals surface area contributed by atoms with Gasteiger partial charge in [-0.15, -0.1) is 11.8 Å². The van der Waals surface area contributed by atoms with E-state index in [1.165, 1.54) is 18.9 Å². The van der Waals surface area contributed by atoms with Gasteiger partial charge in [-0.25, -0.2) is 0 Å². The Morgan fingerprint density at radius 3 is 2.52 bits per heavy atom. The first-order valence-electron chi connectivity index (χ1n) is 13.6. The predicted molar refractivity (Wildman–Crippen MR) is 155 cm³/mol. The maximum absolute atomic E-state index is 13.2. The summed E-state index contributed by atoms with van der Waals surface area (Å²) in [7, 11) is 1.37. The van der Waals surface area contributed by atoms with E-state index < -0.39 is 16.8 Å². The zero-order valence-electron chi connectivity index (χ0n) is 22.7. The number of methoxy groups -OCH3 is 1. The Balaban J connectivity index is 1.23. The molecule has 8 nitrogen and oxygen atoms in total. The van der Waals surface area contributed by atoms with Crippen LogP contribution in [0.5, 0.6) is 17.2 Å². The van der Waals surface area contributed by atoms with E-state index in [9.17, 15) is 15.0 Å². The molecule has 0 amide bonds. The molecule has 40 heavy (non-hydrogen) atoms. The van der Waals surface area contributed by atoms with Crippen LogP contribution < -0.4 is 14.4 Å². The van der Waals surface area contributed by atoms with Crippen molar-refractivity contribution in [2.75, 3.05) is 51.3 Å². The number of hydrogen-bond acceptors (Lipinski definition) is 9. The van der Waals surface area contributed by atoms with Gasteiger partial charge >= 0.3 is 5.97 Å². The first-order valence-corrected chi connectivity index (χ1v) is 14.4. The van der Waals surface area contributed by atoms with Crippen molar-refractivity contribution in [3.63, 3.8) is 0 Å². The third-order valence-electron chi connectivity index (χ3n) is 7.53. The summed E-state index contributed by atoms with van der Waals surface area (Å²) in [5.74, 6) is 1.10. The zero-order valence-corrected chi connectivity index (χ0v) is 23.5.